The van der Waals surface area contributed by atoms with E-state index in [0.717, 1.165) is 48.0 Å². The predicted octanol–water partition coefficient (Wildman–Crippen LogP) is 3.24. The molecule has 28 heavy (non-hydrogen) atoms. The number of rotatable bonds is 5. The number of piperidine rings is 1. The van der Waals surface area contributed by atoms with Crippen molar-refractivity contribution in [3.63, 3.8) is 0 Å². The van der Waals surface area contributed by atoms with E-state index in [9.17, 15) is 4.39 Å². The molecule has 0 spiro atoms. The van der Waals surface area contributed by atoms with Gasteiger partial charge in [-0.1, -0.05) is 29.7 Å². The lowest BCUT2D eigenvalue weighted by Crippen LogP contribution is -2.44. The van der Waals surface area contributed by atoms with Gasteiger partial charge in [0.2, 0.25) is 0 Å². The summed E-state index contributed by atoms with van der Waals surface area (Å²) in [5.74, 6) is -0.206. The van der Waals surface area contributed by atoms with Gasteiger partial charge in [0, 0.05) is 16.4 Å². The van der Waals surface area contributed by atoms with Gasteiger partial charge in [0.15, 0.2) is 0 Å². The Morgan fingerprint density at radius 3 is 2.68 bits per heavy atom. The van der Waals surface area contributed by atoms with Crippen molar-refractivity contribution in [2.75, 3.05) is 26.7 Å². The van der Waals surface area contributed by atoms with Crippen LogP contribution in [0.5, 0.6) is 0 Å². The summed E-state index contributed by atoms with van der Waals surface area (Å²) in [5, 5.41) is 8.17. The quantitative estimate of drug-likeness (QED) is 0.695. The Bertz CT molecular complexity index is 948. The van der Waals surface area contributed by atoms with Gasteiger partial charge in [0.1, 0.15) is 13.7 Å². The first-order valence-electron chi connectivity index (χ1n) is 9.75. The molecule has 0 aliphatic carbocycles. The van der Waals surface area contributed by atoms with Crippen molar-refractivity contribution in [3.8, 4) is 0 Å². The third-order valence-corrected chi connectivity index (χ3v) is 6.05. The molecule has 1 atom stereocenters. The van der Waals surface area contributed by atoms with Crippen LogP contribution in [-0.4, -0.2) is 49.7 Å². The Balaban J connectivity index is 1.59. The molecule has 1 saturated heterocycles. The summed E-state index contributed by atoms with van der Waals surface area (Å²) >= 11 is 0. The van der Waals surface area contributed by atoms with Crippen LogP contribution >= 0.6 is 0 Å². The van der Waals surface area contributed by atoms with E-state index in [-0.39, 0.29) is 17.3 Å². The molecule has 3 aromatic rings. The van der Waals surface area contributed by atoms with E-state index in [1.807, 2.05) is 31.2 Å². The molecule has 1 fully saturated rings. The van der Waals surface area contributed by atoms with Gasteiger partial charge in [-0.05, 0) is 57.6 Å². The first-order valence-corrected chi connectivity index (χ1v) is 9.75. The number of hydrogen-bond donors (Lipinski definition) is 1. The number of ether oxygens (including phenoxy) is 1. The van der Waals surface area contributed by atoms with E-state index in [0.29, 0.717) is 12.1 Å². The van der Waals surface area contributed by atoms with Gasteiger partial charge in [-0.2, -0.15) is 5.10 Å². The zero-order valence-corrected chi connectivity index (χ0v) is 16.4. The molecular formula is C22H25BFN3O. The Labute approximate surface area is 166 Å². The summed E-state index contributed by atoms with van der Waals surface area (Å²) in [6.07, 6.45) is 3.61. The second-order valence-corrected chi connectivity index (χ2v) is 7.99. The van der Waals surface area contributed by atoms with Gasteiger partial charge in [-0.15, -0.1) is 0 Å². The number of fused-ring (bicyclic) bond motifs is 1. The highest BCUT2D eigenvalue weighted by Gasteiger charge is 2.36. The minimum absolute atomic E-state index is 0.109. The molecule has 4 nitrogen and oxygen atoms in total. The fourth-order valence-electron chi connectivity index (χ4n) is 4.17. The number of likely N-dealkylation sites (tertiary alicyclic amines) is 1. The van der Waals surface area contributed by atoms with Crippen LogP contribution in [0.25, 0.3) is 10.9 Å². The minimum atomic E-state index is -0.206. The third kappa shape index (κ3) is 3.71. The second-order valence-electron chi connectivity index (χ2n) is 7.99. The van der Waals surface area contributed by atoms with Crippen molar-refractivity contribution in [1.29, 1.82) is 0 Å². The maximum atomic E-state index is 13.5. The Hall–Kier alpha value is -2.18. The monoisotopic (exact) mass is 377 g/mol. The van der Waals surface area contributed by atoms with Gasteiger partial charge in [0.25, 0.3) is 0 Å². The third-order valence-electron chi connectivity index (χ3n) is 6.05. The van der Waals surface area contributed by atoms with Crippen molar-refractivity contribution in [2.24, 2.45) is 0 Å². The molecule has 1 aromatic heterocycles. The Morgan fingerprint density at radius 2 is 1.96 bits per heavy atom. The maximum absolute atomic E-state index is 13.5. The van der Waals surface area contributed by atoms with Crippen LogP contribution in [0.4, 0.5) is 4.39 Å². The highest BCUT2D eigenvalue weighted by Crippen LogP contribution is 2.37. The van der Waals surface area contributed by atoms with Crippen molar-refractivity contribution in [3.05, 3.63) is 59.5 Å². The summed E-state index contributed by atoms with van der Waals surface area (Å²) < 4.78 is 19.9. The van der Waals surface area contributed by atoms with Crippen LogP contribution in [0.15, 0.2) is 42.6 Å². The molecule has 1 N–H and O–H groups in total. The summed E-state index contributed by atoms with van der Waals surface area (Å²) in [6.45, 7) is 4.62. The number of halogens is 1. The largest absolute Gasteiger partial charge is 0.373 e. The highest BCUT2D eigenvalue weighted by atomic mass is 19.1. The van der Waals surface area contributed by atoms with Crippen LogP contribution in [0.1, 0.15) is 37.0 Å². The number of nitrogens with one attached hydrogen (secondary N) is 1. The van der Waals surface area contributed by atoms with E-state index in [1.165, 1.54) is 0 Å². The van der Waals surface area contributed by atoms with Crippen molar-refractivity contribution >= 4 is 24.2 Å². The average Bonchev–Trinajstić information content (AvgIpc) is 3.16. The van der Waals surface area contributed by atoms with Gasteiger partial charge in [-0.25, -0.2) is 4.39 Å². The smallest absolute Gasteiger partial charge is 0.123 e. The normalized spacial score (nSPS) is 18.4. The van der Waals surface area contributed by atoms with Gasteiger partial charge in [0.05, 0.1) is 24.4 Å². The fraction of sp³-hybridized carbons (Fsp3) is 0.409. The summed E-state index contributed by atoms with van der Waals surface area (Å²) in [5.41, 5.74) is 3.71. The van der Waals surface area contributed by atoms with E-state index >= 15 is 0 Å². The molecule has 4 rings (SSSR count). The summed E-state index contributed by atoms with van der Waals surface area (Å²) in [6, 6.07) is 10.8. The maximum Gasteiger partial charge on any atom is 0.123 e. The molecule has 1 unspecified atom stereocenters. The van der Waals surface area contributed by atoms with Crippen molar-refractivity contribution in [2.45, 2.75) is 31.3 Å². The number of nitrogens with zero attached hydrogens (tertiary/aromatic N) is 2. The lowest BCUT2D eigenvalue weighted by Gasteiger charge is -2.41. The van der Waals surface area contributed by atoms with Crippen molar-refractivity contribution in [1.82, 2.24) is 15.1 Å². The molecule has 144 valence electrons. The molecule has 2 heterocycles. The van der Waals surface area contributed by atoms with Gasteiger partial charge >= 0.3 is 0 Å². The van der Waals surface area contributed by atoms with E-state index < -0.39 is 0 Å². The molecule has 0 amide bonds. The minimum Gasteiger partial charge on any atom is -0.373 e. The predicted molar refractivity (Wildman–Crippen MR) is 111 cm³/mol. The van der Waals surface area contributed by atoms with E-state index in [1.54, 1.807) is 18.3 Å². The SMILES string of the molecule is [B]c1cc(C(C)OCC2(c3ccc(F)cc3)CCN(C)CC2)c2[nH]ncc2c1. The lowest BCUT2D eigenvalue weighted by molar-refractivity contribution is 0.00699. The summed E-state index contributed by atoms with van der Waals surface area (Å²) in [7, 11) is 8.21. The van der Waals surface area contributed by atoms with E-state index in [4.69, 9.17) is 12.6 Å². The molecule has 0 saturated carbocycles. The van der Waals surface area contributed by atoms with Gasteiger partial charge < -0.3 is 9.64 Å². The fourth-order valence-corrected chi connectivity index (χ4v) is 4.17. The number of hydrogen-bond acceptors (Lipinski definition) is 3. The zero-order valence-electron chi connectivity index (χ0n) is 16.4. The summed E-state index contributed by atoms with van der Waals surface area (Å²) in [4.78, 5) is 2.33. The van der Waals surface area contributed by atoms with Crippen LogP contribution in [0, 0.1) is 5.82 Å². The van der Waals surface area contributed by atoms with Crippen molar-refractivity contribution < 1.29 is 9.13 Å². The number of H-pyrrole nitrogens is 1. The highest BCUT2D eigenvalue weighted by molar-refractivity contribution is 6.33. The molecule has 0 bridgehead atoms. The zero-order chi connectivity index (χ0) is 19.7. The van der Waals surface area contributed by atoms with Crippen LogP contribution in [0.2, 0.25) is 0 Å². The lowest BCUT2D eigenvalue weighted by atomic mass is 9.73. The molecular weight excluding hydrogens is 352 g/mol. The molecule has 2 aromatic carbocycles. The number of aromatic nitrogens is 2. The van der Waals surface area contributed by atoms with E-state index in [2.05, 4.69) is 22.1 Å². The first kappa shape index (κ1) is 19.2. The Kier molecular flexibility index (Phi) is 5.26. The standard InChI is InChI=1S/C22H25BFN3O/c1-15(20-12-18(23)11-16-13-25-26-21(16)20)28-14-22(7-9-27(2)10-8-22)17-3-5-19(24)6-4-17/h3-6,11-13,15H,7-10,14H2,1-2H3,(H,25,26). The molecule has 1 aliphatic heterocycles. The second kappa shape index (κ2) is 7.68. The van der Waals surface area contributed by atoms with Crippen LogP contribution in [0.3, 0.4) is 0 Å². The molecule has 6 heteroatoms. The first-order chi connectivity index (χ1) is 13.5. The topological polar surface area (TPSA) is 41.1 Å². The molecule has 1 aliphatic rings. The number of benzene rings is 2. The number of aromatic amines is 1. The van der Waals surface area contributed by atoms with Crippen LogP contribution in [-0.2, 0) is 10.2 Å². The van der Waals surface area contributed by atoms with Crippen LogP contribution < -0.4 is 5.46 Å². The average molecular weight is 377 g/mol. The Morgan fingerprint density at radius 1 is 1.25 bits per heavy atom. The molecule has 2 radical (unpaired) electrons. The van der Waals surface area contributed by atoms with Gasteiger partial charge in [-0.3, -0.25) is 5.10 Å².